The fraction of sp³-hybridized carbons (Fsp3) is 0.316. The number of ether oxygens (including phenoxy) is 2. The van der Waals surface area contributed by atoms with Crippen molar-refractivity contribution in [3.63, 3.8) is 0 Å². The molecule has 170 valence electrons. The summed E-state index contributed by atoms with van der Waals surface area (Å²) in [4.78, 5) is 17.8. The van der Waals surface area contributed by atoms with Gasteiger partial charge in [-0.2, -0.15) is 4.31 Å². The molecule has 32 heavy (non-hydrogen) atoms. The van der Waals surface area contributed by atoms with Crippen LogP contribution in [0.3, 0.4) is 0 Å². The monoisotopic (exact) mass is 495 g/mol. The number of rotatable bonds is 8. The number of amides is 1. The van der Waals surface area contributed by atoms with E-state index < -0.39 is 10.0 Å². The SMILES string of the molecule is COc1ccc(NC(=O)CSc2n[nH]c(-c3cccs3)n2)cc1S(=O)(=O)N1CCOCC1. The van der Waals surface area contributed by atoms with E-state index in [0.717, 1.165) is 4.88 Å². The minimum Gasteiger partial charge on any atom is -0.495 e. The number of nitrogens with one attached hydrogen (secondary N) is 2. The molecule has 10 nitrogen and oxygen atoms in total. The third-order valence-corrected chi connectivity index (χ3v) is 8.23. The summed E-state index contributed by atoms with van der Waals surface area (Å²) < 4.78 is 38.0. The van der Waals surface area contributed by atoms with Gasteiger partial charge in [0.1, 0.15) is 10.6 Å². The molecule has 0 aliphatic carbocycles. The predicted octanol–water partition coefficient (Wildman–Crippen LogP) is 2.29. The molecule has 3 heterocycles. The van der Waals surface area contributed by atoms with Crippen molar-refractivity contribution in [2.45, 2.75) is 10.1 Å². The number of thiophene rings is 1. The summed E-state index contributed by atoms with van der Waals surface area (Å²) in [6.07, 6.45) is 0. The fourth-order valence-corrected chi connectivity index (χ4v) is 5.90. The molecule has 13 heteroatoms. The van der Waals surface area contributed by atoms with E-state index in [1.807, 2.05) is 17.5 Å². The first-order valence-corrected chi connectivity index (χ1v) is 12.9. The van der Waals surface area contributed by atoms with Gasteiger partial charge in [0.05, 0.1) is 31.0 Å². The molecule has 3 aromatic rings. The minimum atomic E-state index is -3.79. The average Bonchev–Trinajstić information content (AvgIpc) is 3.50. The van der Waals surface area contributed by atoms with Gasteiger partial charge in [0.2, 0.25) is 21.1 Å². The number of morpholine rings is 1. The van der Waals surface area contributed by atoms with Gasteiger partial charge in [-0.3, -0.25) is 9.89 Å². The lowest BCUT2D eigenvalue weighted by Crippen LogP contribution is -2.40. The molecule has 4 rings (SSSR count). The smallest absolute Gasteiger partial charge is 0.246 e. The summed E-state index contributed by atoms with van der Waals surface area (Å²) in [6.45, 7) is 1.21. The predicted molar refractivity (Wildman–Crippen MR) is 122 cm³/mol. The first kappa shape index (κ1) is 22.7. The maximum absolute atomic E-state index is 13.1. The van der Waals surface area contributed by atoms with E-state index in [9.17, 15) is 13.2 Å². The normalized spacial score (nSPS) is 14.9. The van der Waals surface area contributed by atoms with Crippen LogP contribution in [0.2, 0.25) is 0 Å². The highest BCUT2D eigenvalue weighted by Crippen LogP contribution is 2.30. The van der Waals surface area contributed by atoms with E-state index in [2.05, 4.69) is 20.5 Å². The van der Waals surface area contributed by atoms with Gasteiger partial charge in [0.15, 0.2) is 5.82 Å². The lowest BCUT2D eigenvalue weighted by molar-refractivity contribution is -0.113. The Kier molecular flexibility index (Phi) is 7.10. The number of carbonyl (C=O) groups excluding carboxylic acids is 1. The lowest BCUT2D eigenvalue weighted by atomic mass is 10.3. The highest BCUT2D eigenvalue weighted by molar-refractivity contribution is 7.99. The molecule has 0 spiro atoms. The van der Waals surface area contributed by atoms with Crippen molar-refractivity contribution in [2.75, 3.05) is 44.5 Å². The first-order valence-electron chi connectivity index (χ1n) is 9.62. The Balaban J connectivity index is 1.42. The summed E-state index contributed by atoms with van der Waals surface area (Å²) in [7, 11) is -2.38. The highest BCUT2D eigenvalue weighted by Gasteiger charge is 2.29. The van der Waals surface area contributed by atoms with Crippen molar-refractivity contribution in [2.24, 2.45) is 0 Å². The number of nitrogens with zero attached hydrogens (tertiary/aromatic N) is 3. The number of aromatic nitrogens is 3. The number of hydrogen-bond acceptors (Lipinski definition) is 9. The van der Waals surface area contributed by atoms with Crippen LogP contribution in [0.4, 0.5) is 5.69 Å². The maximum Gasteiger partial charge on any atom is 0.246 e. The average molecular weight is 496 g/mol. The van der Waals surface area contributed by atoms with Crippen LogP contribution in [0, 0.1) is 0 Å². The van der Waals surface area contributed by atoms with Gasteiger partial charge in [-0.05, 0) is 29.6 Å². The molecule has 0 radical (unpaired) electrons. The van der Waals surface area contributed by atoms with Gasteiger partial charge in [0.25, 0.3) is 0 Å². The molecule has 1 aromatic carbocycles. The zero-order valence-corrected chi connectivity index (χ0v) is 19.6. The second-order valence-corrected chi connectivity index (χ2v) is 10.5. The molecule has 0 atom stereocenters. The fourth-order valence-electron chi connectivity index (χ4n) is 3.04. The van der Waals surface area contributed by atoms with Gasteiger partial charge < -0.3 is 14.8 Å². The Hall–Kier alpha value is -2.45. The summed E-state index contributed by atoms with van der Waals surface area (Å²) in [5.74, 6) is 0.623. The van der Waals surface area contributed by atoms with Crippen LogP contribution in [0.1, 0.15) is 0 Å². The van der Waals surface area contributed by atoms with Crippen LogP contribution in [-0.4, -0.2) is 73.0 Å². The van der Waals surface area contributed by atoms with Crippen LogP contribution in [-0.2, 0) is 19.6 Å². The summed E-state index contributed by atoms with van der Waals surface area (Å²) in [5.41, 5.74) is 0.359. The van der Waals surface area contributed by atoms with E-state index in [-0.39, 0.29) is 35.4 Å². The van der Waals surface area contributed by atoms with Crippen LogP contribution in [0.25, 0.3) is 10.7 Å². The molecular weight excluding hydrogens is 474 g/mol. The zero-order chi connectivity index (χ0) is 22.6. The molecule has 1 amide bonds. The van der Waals surface area contributed by atoms with Crippen molar-refractivity contribution >= 4 is 44.7 Å². The van der Waals surface area contributed by atoms with Crippen LogP contribution in [0.5, 0.6) is 5.75 Å². The molecule has 1 fully saturated rings. The highest BCUT2D eigenvalue weighted by atomic mass is 32.2. The number of sulfonamides is 1. The van der Waals surface area contributed by atoms with Crippen molar-refractivity contribution in [3.8, 4) is 16.5 Å². The number of methoxy groups -OCH3 is 1. The molecule has 0 bridgehead atoms. The third kappa shape index (κ3) is 5.13. The largest absolute Gasteiger partial charge is 0.495 e. The number of anilines is 1. The Morgan fingerprint density at radius 2 is 2.16 bits per heavy atom. The summed E-state index contributed by atoms with van der Waals surface area (Å²) in [6, 6.07) is 8.39. The number of thioether (sulfide) groups is 1. The second-order valence-electron chi connectivity index (χ2n) is 6.66. The molecule has 2 aromatic heterocycles. The summed E-state index contributed by atoms with van der Waals surface area (Å²) >= 11 is 2.72. The molecule has 1 aliphatic rings. The van der Waals surface area contributed by atoms with Crippen molar-refractivity contribution in [3.05, 3.63) is 35.7 Å². The molecule has 2 N–H and O–H groups in total. The number of benzene rings is 1. The molecule has 1 aliphatic heterocycles. The molecular formula is C19H21N5O5S3. The van der Waals surface area contributed by atoms with E-state index in [1.165, 1.54) is 46.6 Å². The van der Waals surface area contributed by atoms with Crippen LogP contribution < -0.4 is 10.1 Å². The van der Waals surface area contributed by atoms with Crippen molar-refractivity contribution in [1.82, 2.24) is 19.5 Å². The van der Waals surface area contributed by atoms with E-state index in [1.54, 1.807) is 6.07 Å². The molecule has 1 saturated heterocycles. The van der Waals surface area contributed by atoms with Crippen LogP contribution in [0.15, 0.2) is 45.8 Å². The van der Waals surface area contributed by atoms with E-state index in [4.69, 9.17) is 9.47 Å². The van der Waals surface area contributed by atoms with Gasteiger partial charge in [-0.1, -0.05) is 17.8 Å². The Morgan fingerprint density at radius 3 is 2.88 bits per heavy atom. The first-order chi connectivity index (χ1) is 15.5. The lowest BCUT2D eigenvalue weighted by Gasteiger charge is -2.26. The minimum absolute atomic E-state index is 0.00177. The molecule has 0 unspecified atom stereocenters. The zero-order valence-electron chi connectivity index (χ0n) is 17.1. The number of carbonyl (C=O) groups is 1. The number of H-pyrrole nitrogens is 1. The van der Waals surface area contributed by atoms with E-state index in [0.29, 0.717) is 29.9 Å². The van der Waals surface area contributed by atoms with Gasteiger partial charge in [-0.25, -0.2) is 13.4 Å². The van der Waals surface area contributed by atoms with Crippen molar-refractivity contribution in [1.29, 1.82) is 0 Å². The van der Waals surface area contributed by atoms with Gasteiger partial charge >= 0.3 is 0 Å². The Labute approximate surface area is 193 Å². The molecule has 0 saturated carbocycles. The van der Waals surface area contributed by atoms with Crippen molar-refractivity contribution < 1.29 is 22.7 Å². The third-order valence-electron chi connectivity index (χ3n) is 4.59. The van der Waals surface area contributed by atoms with Gasteiger partial charge in [0, 0.05) is 18.8 Å². The number of hydrogen-bond donors (Lipinski definition) is 2. The second kappa shape index (κ2) is 10.0. The Bertz CT molecular complexity index is 1170. The van der Waals surface area contributed by atoms with E-state index >= 15 is 0 Å². The summed E-state index contributed by atoms with van der Waals surface area (Å²) in [5, 5.41) is 12.1. The topological polar surface area (TPSA) is 127 Å². The quantitative estimate of drug-likeness (QED) is 0.456. The Morgan fingerprint density at radius 1 is 1.34 bits per heavy atom. The van der Waals surface area contributed by atoms with Crippen LogP contribution >= 0.6 is 23.1 Å². The van der Waals surface area contributed by atoms with Gasteiger partial charge in [-0.15, -0.1) is 16.4 Å². The number of aromatic amines is 1. The standard InChI is InChI=1S/C19H21N5O5S3/c1-28-14-5-4-13(11-16(14)32(26,27)24-6-8-29-9-7-24)20-17(25)12-31-19-21-18(22-23-19)15-3-2-10-30-15/h2-5,10-11H,6-9,12H2,1H3,(H,20,25)(H,21,22,23). The maximum atomic E-state index is 13.1.